The lowest BCUT2D eigenvalue weighted by Crippen LogP contribution is -2.38. The molecular weight excluding hydrogens is 386 g/mol. The second kappa shape index (κ2) is 9.73. The molecule has 1 amide bonds. The highest BCUT2D eigenvalue weighted by Crippen LogP contribution is 2.22. The van der Waals surface area contributed by atoms with Crippen molar-refractivity contribution < 1.29 is 23.5 Å². The molecule has 0 aliphatic rings. The Hall–Kier alpha value is -3.61. The summed E-state index contributed by atoms with van der Waals surface area (Å²) in [5.41, 5.74) is 1.66. The largest absolute Gasteiger partial charge is 0.482 e. The van der Waals surface area contributed by atoms with Crippen LogP contribution in [0.4, 0.5) is 0 Å². The molecule has 7 heteroatoms. The van der Waals surface area contributed by atoms with E-state index >= 15 is 0 Å². The molecule has 0 fully saturated rings. The standard InChI is InChI=1S/C23H23NO6/c1-3-19(23(27)24-13-16-7-5-4-6-8-16)29-22(26)14-28-17-9-10-18-15(2)11-21(25)30-20(18)12-17/h4-12,19H,3,13-14H2,1-2H3,(H,24,27). The van der Waals surface area contributed by atoms with Crippen LogP contribution in [0.5, 0.6) is 5.75 Å². The average Bonchev–Trinajstić information content (AvgIpc) is 2.74. The lowest BCUT2D eigenvalue weighted by molar-refractivity contribution is -0.158. The van der Waals surface area contributed by atoms with Crippen LogP contribution in [-0.2, 0) is 20.9 Å². The van der Waals surface area contributed by atoms with Crippen molar-refractivity contribution in [2.24, 2.45) is 0 Å². The molecule has 0 saturated heterocycles. The first kappa shape index (κ1) is 21.1. The summed E-state index contributed by atoms with van der Waals surface area (Å²) in [6.45, 7) is 3.55. The second-order valence-electron chi connectivity index (χ2n) is 6.79. The van der Waals surface area contributed by atoms with Gasteiger partial charge in [0.05, 0.1) is 0 Å². The zero-order chi connectivity index (χ0) is 21.5. The van der Waals surface area contributed by atoms with E-state index in [9.17, 15) is 14.4 Å². The van der Waals surface area contributed by atoms with E-state index < -0.39 is 17.7 Å². The third-order valence-corrected chi connectivity index (χ3v) is 4.53. The van der Waals surface area contributed by atoms with Gasteiger partial charge in [0.15, 0.2) is 12.7 Å². The van der Waals surface area contributed by atoms with Crippen LogP contribution in [0.2, 0.25) is 0 Å². The lowest BCUT2D eigenvalue weighted by atomic mass is 10.1. The molecule has 1 unspecified atom stereocenters. The Kier molecular flexibility index (Phi) is 6.85. The number of fused-ring (bicyclic) bond motifs is 1. The Morgan fingerprint density at radius 2 is 1.87 bits per heavy atom. The summed E-state index contributed by atoms with van der Waals surface area (Å²) in [5.74, 6) is -0.671. The molecule has 3 aromatic rings. The van der Waals surface area contributed by atoms with Gasteiger partial charge in [-0.3, -0.25) is 4.79 Å². The molecule has 0 saturated carbocycles. The molecule has 0 radical (unpaired) electrons. The molecule has 0 aliphatic heterocycles. The monoisotopic (exact) mass is 409 g/mol. The minimum Gasteiger partial charge on any atom is -0.482 e. The van der Waals surface area contributed by atoms with Gasteiger partial charge < -0.3 is 19.2 Å². The van der Waals surface area contributed by atoms with E-state index in [0.717, 1.165) is 16.5 Å². The highest BCUT2D eigenvalue weighted by Gasteiger charge is 2.21. The van der Waals surface area contributed by atoms with Crippen LogP contribution in [0, 0.1) is 6.92 Å². The van der Waals surface area contributed by atoms with E-state index in [-0.39, 0.29) is 12.5 Å². The lowest BCUT2D eigenvalue weighted by Gasteiger charge is -2.16. The highest BCUT2D eigenvalue weighted by atomic mass is 16.6. The van der Waals surface area contributed by atoms with Gasteiger partial charge in [-0.2, -0.15) is 0 Å². The number of carbonyl (C=O) groups excluding carboxylic acids is 2. The normalized spacial score (nSPS) is 11.7. The van der Waals surface area contributed by atoms with Gasteiger partial charge in [0.25, 0.3) is 5.91 Å². The summed E-state index contributed by atoms with van der Waals surface area (Å²) in [7, 11) is 0. The van der Waals surface area contributed by atoms with Gasteiger partial charge in [-0.25, -0.2) is 9.59 Å². The average molecular weight is 409 g/mol. The third kappa shape index (κ3) is 5.47. The van der Waals surface area contributed by atoms with Crippen LogP contribution in [-0.4, -0.2) is 24.6 Å². The van der Waals surface area contributed by atoms with Crippen molar-refractivity contribution in [3.63, 3.8) is 0 Å². The summed E-state index contributed by atoms with van der Waals surface area (Å²) in [6, 6.07) is 15.8. The Morgan fingerprint density at radius 3 is 2.60 bits per heavy atom. The fraction of sp³-hybridized carbons (Fsp3) is 0.261. The maximum absolute atomic E-state index is 12.3. The molecule has 0 spiro atoms. The zero-order valence-corrected chi connectivity index (χ0v) is 16.8. The van der Waals surface area contributed by atoms with Crippen LogP contribution in [0.25, 0.3) is 11.0 Å². The Labute approximate surface area is 173 Å². The van der Waals surface area contributed by atoms with E-state index in [4.69, 9.17) is 13.9 Å². The first-order valence-corrected chi connectivity index (χ1v) is 9.64. The quantitative estimate of drug-likeness (QED) is 0.454. The van der Waals surface area contributed by atoms with Gasteiger partial charge in [0, 0.05) is 24.1 Å². The van der Waals surface area contributed by atoms with Crippen molar-refractivity contribution >= 4 is 22.8 Å². The second-order valence-corrected chi connectivity index (χ2v) is 6.79. The number of hydrogen-bond donors (Lipinski definition) is 1. The molecule has 1 N–H and O–H groups in total. The van der Waals surface area contributed by atoms with Crippen LogP contribution in [0.1, 0.15) is 24.5 Å². The van der Waals surface area contributed by atoms with Gasteiger partial charge in [-0.1, -0.05) is 37.3 Å². The first-order chi connectivity index (χ1) is 14.5. The summed E-state index contributed by atoms with van der Waals surface area (Å²) >= 11 is 0. The number of carbonyl (C=O) groups is 2. The van der Waals surface area contributed by atoms with E-state index in [1.165, 1.54) is 6.07 Å². The Morgan fingerprint density at radius 1 is 1.10 bits per heavy atom. The smallest absolute Gasteiger partial charge is 0.344 e. The van der Waals surface area contributed by atoms with Crippen LogP contribution in [0.15, 0.2) is 63.8 Å². The first-order valence-electron chi connectivity index (χ1n) is 9.64. The van der Waals surface area contributed by atoms with Crippen molar-refractivity contribution in [2.45, 2.75) is 32.9 Å². The molecule has 1 atom stereocenters. The third-order valence-electron chi connectivity index (χ3n) is 4.53. The van der Waals surface area contributed by atoms with E-state index in [0.29, 0.717) is 24.3 Å². The van der Waals surface area contributed by atoms with Crippen LogP contribution < -0.4 is 15.7 Å². The van der Waals surface area contributed by atoms with Crippen LogP contribution >= 0.6 is 0 Å². The number of nitrogens with one attached hydrogen (secondary N) is 1. The Balaban J connectivity index is 1.54. The number of hydrogen-bond acceptors (Lipinski definition) is 6. The Bertz CT molecular complexity index is 1090. The summed E-state index contributed by atoms with van der Waals surface area (Å²) in [5, 5.41) is 3.54. The minimum atomic E-state index is -0.901. The topological polar surface area (TPSA) is 94.8 Å². The molecule has 1 aromatic heterocycles. The maximum Gasteiger partial charge on any atom is 0.344 e. The molecule has 0 bridgehead atoms. The number of rotatable bonds is 8. The molecule has 3 rings (SSSR count). The van der Waals surface area contributed by atoms with Gasteiger partial charge in [0.1, 0.15) is 11.3 Å². The molecular formula is C23H23NO6. The molecule has 1 heterocycles. The number of amides is 1. The SMILES string of the molecule is CCC(OC(=O)COc1ccc2c(C)cc(=O)oc2c1)C(=O)NCc1ccccc1. The number of aryl methyl sites for hydroxylation is 1. The predicted octanol–water partition coefficient (Wildman–Crippen LogP) is 3.12. The predicted molar refractivity (Wildman–Crippen MR) is 111 cm³/mol. The minimum absolute atomic E-state index is 0.340. The number of esters is 1. The van der Waals surface area contributed by atoms with Crippen molar-refractivity contribution in [1.82, 2.24) is 5.32 Å². The number of ether oxygens (including phenoxy) is 2. The molecule has 156 valence electrons. The highest BCUT2D eigenvalue weighted by molar-refractivity contribution is 5.84. The van der Waals surface area contributed by atoms with Gasteiger partial charge in [-0.15, -0.1) is 0 Å². The van der Waals surface area contributed by atoms with E-state index in [1.807, 2.05) is 37.3 Å². The molecule has 0 aliphatic carbocycles. The van der Waals surface area contributed by atoms with Gasteiger partial charge in [0.2, 0.25) is 0 Å². The van der Waals surface area contributed by atoms with Gasteiger partial charge >= 0.3 is 11.6 Å². The van der Waals surface area contributed by atoms with Crippen molar-refractivity contribution in [1.29, 1.82) is 0 Å². The van der Waals surface area contributed by atoms with Crippen molar-refractivity contribution in [3.8, 4) is 5.75 Å². The molecule has 30 heavy (non-hydrogen) atoms. The molecule has 7 nitrogen and oxygen atoms in total. The maximum atomic E-state index is 12.3. The summed E-state index contributed by atoms with van der Waals surface area (Å²) in [6.07, 6.45) is -0.561. The fourth-order valence-electron chi connectivity index (χ4n) is 2.95. The van der Waals surface area contributed by atoms with E-state index in [1.54, 1.807) is 25.1 Å². The summed E-state index contributed by atoms with van der Waals surface area (Å²) < 4.78 is 15.9. The van der Waals surface area contributed by atoms with Crippen molar-refractivity contribution in [2.75, 3.05) is 6.61 Å². The summed E-state index contributed by atoms with van der Waals surface area (Å²) in [4.78, 5) is 36.0. The van der Waals surface area contributed by atoms with Crippen molar-refractivity contribution in [3.05, 3.63) is 76.1 Å². The number of benzene rings is 2. The van der Waals surface area contributed by atoms with E-state index in [2.05, 4.69) is 5.32 Å². The van der Waals surface area contributed by atoms with Gasteiger partial charge in [-0.05, 0) is 36.6 Å². The zero-order valence-electron chi connectivity index (χ0n) is 16.8. The molecule has 2 aromatic carbocycles. The van der Waals surface area contributed by atoms with Crippen LogP contribution in [0.3, 0.4) is 0 Å². The fourth-order valence-corrected chi connectivity index (χ4v) is 2.95.